The molecule has 23 heavy (non-hydrogen) atoms. The normalized spacial score (nSPS) is 14.0. The molecule has 0 aliphatic heterocycles. The van der Waals surface area contributed by atoms with Gasteiger partial charge in [-0.3, -0.25) is 9.09 Å². The van der Waals surface area contributed by atoms with Gasteiger partial charge in [0, 0.05) is 0 Å². The summed E-state index contributed by atoms with van der Waals surface area (Å²) in [4.78, 5) is 8.51. The van der Waals surface area contributed by atoms with Crippen molar-refractivity contribution in [2.75, 3.05) is 0 Å². The summed E-state index contributed by atoms with van der Waals surface area (Å²) in [5.74, 6) is 0. The van der Waals surface area contributed by atoms with Gasteiger partial charge in [0.15, 0.2) is 6.29 Å². The lowest BCUT2D eigenvalue weighted by atomic mass is 10.0. The summed E-state index contributed by atoms with van der Waals surface area (Å²) in [5.41, 5.74) is 0. The molecular formula is C18H39O4P. The molecule has 0 bridgehead atoms. The molecule has 0 rings (SSSR count). The van der Waals surface area contributed by atoms with E-state index in [4.69, 9.17) is 4.89 Å². The highest BCUT2D eigenvalue weighted by atomic mass is 31.1. The molecule has 0 aliphatic rings. The first-order chi connectivity index (χ1) is 11.2. The second-order valence-corrected chi connectivity index (χ2v) is 7.34. The van der Waals surface area contributed by atoms with E-state index in [1.807, 2.05) is 0 Å². The second-order valence-electron chi connectivity index (χ2n) is 6.58. The zero-order valence-corrected chi connectivity index (χ0v) is 16.1. The Morgan fingerprint density at radius 2 is 1.09 bits per heavy atom. The molecule has 2 unspecified atom stereocenters. The van der Waals surface area contributed by atoms with Crippen LogP contribution in [0.5, 0.6) is 0 Å². The summed E-state index contributed by atoms with van der Waals surface area (Å²) < 4.78 is 14.8. The fourth-order valence-electron chi connectivity index (χ4n) is 2.87. The van der Waals surface area contributed by atoms with Crippen LogP contribution in [-0.2, 0) is 9.09 Å². The van der Waals surface area contributed by atoms with Crippen molar-refractivity contribution in [1.29, 1.82) is 0 Å². The molecule has 0 spiro atoms. The minimum atomic E-state index is -3.00. The summed E-state index contributed by atoms with van der Waals surface area (Å²) in [6.07, 6.45) is 18.9. The molecule has 0 aromatic rings. The molecule has 0 heterocycles. The quantitative estimate of drug-likeness (QED) is 0.182. The van der Waals surface area contributed by atoms with E-state index in [0.717, 1.165) is 12.8 Å². The number of aliphatic hydroxyl groups excluding tert-OH is 1. The van der Waals surface area contributed by atoms with Crippen LogP contribution in [0.3, 0.4) is 0 Å². The van der Waals surface area contributed by atoms with E-state index in [1.165, 1.54) is 83.5 Å². The second kappa shape index (κ2) is 18.4. The van der Waals surface area contributed by atoms with Crippen molar-refractivity contribution >= 4 is 8.25 Å². The lowest BCUT2D eigenvalue weighted by molar-refractivity contribution is -0.0257. The van der Waals surface area contributed by atoms with Crippen molar-refractivity contribution in [3.8, 4) is 0 Å². The maximum absolute atomic E-state index is 10.4. The van der Waals surface area contributed by atoms with Gasteiger partial charge in [-0.25, -0.2) is 0 Å². The smallest absolute Gasteiger partial charge is 0.318 e. The molecule has 0 aliphatic carbocycles. The maximum atomic E-state index is 10.4. The van der Waals surface area contributed by atoms with Crippen LogP contribution in [0.2, 0.25) is 0 Å². The third-order valence-electron chi connectivity index (χ3n) is 4.29. The van der Waals surface area contributed by atoms with Gasteiger partial charge in [-0.05, 0) is 12.8 Å². The average molecular weight is 350 g/mol. The van der Waals surface area contributed by atoms with Crippen molar-refractivity contribution in [2.45, 2.75) is 116 Å². The van der Waals surface area contributed by atoms with E-state index in [-0.39, 0.29) is 0 Å². The molecule has 5 heteroatoms. The molecule has 0 aromatic heterocycles. The minimum absolute atomic E-state index is 0.454. The maximum Gasteiger partial charge on any atom is 0.318 e. The fourth-order valence-corrected chi connectivity index (χ4v) is 3.22. The summed E-state index contributed by atoms with van der Waals surface area (Å²) in [6.45, 7) is 2.26. The Morgan fingerprint density at radius 3 is 1.43 bits per heavy atom. The highest BCUT2D eigenvalue weighted by molar-refractivity contribution is 7.32. The monoisotopic (exact) mass is 350 g/mol. The summed E-state index contributed by atoms with van der Waals surface area (Å²) in [5, 5.41) is 9.27. The third-order valence-corrected chi connectivity index (χ3v) is 4.77. The Labute approximate surface area is 144 Å². The fraction of sp³-hybridized carbons (Fsp3) is 1.00. The third kappa shape index (κ3) is 20.1. The van der Waals surface area contributed by atoms with Crippen molar-refractivity contribution in [3.05, 3.63) is 0 Å². The minimum Gasteiger partial charge on any atom is -0.368 e. The summed E-state index contributed by atoms with van der Waals surface area (Å²) in [6, 6.07) is 0. The Kier molecular flexibility index (Phi) is 18.5. The van der Waals surface area contributed by atoms with Crippen LogP contribution >= 0.6 is 8.25 Å². The number of hydrogen-bond donors (Lipinski definition) is 2. The zero-order chi connectivity index (χ0) is 17.2. The van der Waals surface area contributed by atoms with Crippen molar-refractivity contribution < 1.29 is 19.1 Å². The van der Waals surface area contributed by atoms with Gasteiger partial charge in [0.1, 0.15) is 0 Å². The first-order valence-electron chi connectivity index (χ1n) is 9.74. The first kappa shape index (κ1) is 23.1. The van der Waals surface area contributed by atoms with E-state index in [2.05, 4.69) is 11.4 Å². The van der Waals surface area contributed by atoms with Crippen molar-refractivity contribution in [2.24, 2.45) is 0 Å². The highest BCUT2D eigenvalue weighted by Crippen LogP contribution is 2.20. The van der Waals surface area contributed by atoms with Gasteiger partial charge in [-0.2, -0.15) is 0 Å². The van der Waals surface area contributed by atoms with Gasteiger partial charge in [0.05, 0.1) is 0 Å². The van der Waals surface area contributed by atoms with Gasteiger partial charge >= 0.3 is 8.25 Å². The Bertz CT molecular complexity index is 261. The molecule has 0 aromatic carbocycles. The molecule has 0 fully saturated rings. The van der Waals surface area contributed by atoms with Crippen LogP contribution in [0.4, 0.5) is 0 Å². The molecule has 0 saturated carbocycles. The van der Waals surface area contributed by atoms with Gasteiger partial charge in [0.25, 0.3) is 0 Å². The van der Waals surface area contributed by atoms with E-state index in [0.29, 0.717) is 6.42 Å². The molecule has 140 valence electrons. The highest BCUT2D eigenvalue weighted by Gasteiger charge is 2.05. The van der Waals surface area contributed by atoms with Gasteiger partial charge in [-0.15, -0.1) is 0 Å². The van der Waals surface area contributed by atoms with E-state index >= 15 is 0 Å². The number of hydrogen-bond acceptors (Lipinski definition) is 3. The van der Waals surface area contributed by atoms with Crippen LogP contribution in [0.25, 0.3) is 0 Å². The van der Waals surface area contributed by atoms with Gasteiger partial charge in [-0.1, -0.05) is 96.8 Å². The number of rotatable bonds is 18. The lowest BCUT2D eigenvalue weighted by Crippen LogP contribution is -2.06. The number of unbranched alkanes of at least 4 members (excludes halogenated alkanes) is 14. The Morgan fingerprint density at radius 1 is 0.739 bits per heavy atom. The molecule has 0 saturated heterocycles. The van der Waals surface area contributed by atoms with Crippen molar-refractivity contribution in [3.63, 3.8) is 0 Å². The summed E-state index contributed by atoms with van der Waals surface area (Å²) >= 11 is 0. The van der Waals surface area contributed by atoms with Crippen LogP contribution in [0.1, 0.15) is 110 Å². The molecule has 0 radical (unpaired) electrons. The lowest BCUT2D eigenvalue weighted by Gasteiger charge is -2.08. The summed E-state index contributed by atoms with van der Waals surface area (Å²) in [7, 11) is -3.00. The predicted octanol–water partition coefficient (Wildman–Crippen LogP) is 5.96. The van der Waals surface area contributed by atoms with Gasteiger partial charge in [0.2, 0.25) is 0 Å². The Hall–Kier alpha value is 0.110. The topological polar surface area (TPSA) is 66.8 Å². The molecular weight excluding hydrogens is 311 g/mol. The first-order valence-corrected chi connectivity index (χ1v) is 11.0. The molecule has 2 N–H and O–H groups in total. The Balaban J connectivity index is 3.06. The van der Waals surface area contributed by atoms with E-state index in [1.54, 1.807) is 0 Å². The van der Waals surface area contributed by atoms with Crippen molar-refractivity contribution in [1.82, 2.24) is 0 Å². The predicted molar refractivity (Wildman–Crippen MR) is 97.9 cm³/mol. The van der Waals surface area contributed by atoms with Crippen LogP contribution in [0.15, 0.2) is 0 Å². The molecule has 2 atom stereocenters. The largest absolute Gasteiger partial charge is 0.368 e. The molecule has 4 nitrogen and oxygen atoms in total. The standard InChI is InChI=1S/C18H39O4P/c1-2-3-4-5-6-7-8-9-10-11-12-13-14-15-16-17-18(19)22-23(20)21/h18-19,23H,2-17H2,1H3,(H,20,21). The van der Waals surface area contributed by atoms with Gasteiger partial charge < -0.3 is 10.00 Å². The van der Waals surface area contributed by atoms with Crippen LogP contribution in [-0.4, -0.2) is 16.3 Å². The average Bonchev–Trinajstić information content (AvgIpc) is 2.50. The van der Waals surface area contributed by atoms with E-state index in [9.17, 15) is 9.67 Å². The molecule has 0 amide bonds. The van der Waals surface area contributed by atoms with E-state index < -0.39 is 14.5 Å². The SMILES string of the molecule is CCCCCCCCCCCCCCCCCC(O)O[PH](=O)O. The van der Waals surface area contributed by atoms with Crippen LogP contribution in [0, 0.1) is 0 Å². The zero-order valence-electron chi connectivity index (χ0n) is 15.1. The van der Waals surface area contributed by atoms with Crippen LogP contribution < -0.4 is 0 Å². The number of aliphatic hydroxyl groups is 1.